The number of carbonyl (C=O) groups is 2. The van der Waals surface area contributed by atoms with Crippen LogP contribution in [0.5, 0.6) is 0 Å². The highest BCUT2D eigenvalue weighted by atomic mass is 16.5. The lowest BCUT2D eigenvalue weighted by atomic mass is 10.1. The molecule has 0 fully saturated rings. The van der Waals surface area contributed by atoms with Crippen LogP contribution in [0, 0.1) is 6.92 Å². The Balaban J connectivity index is 1.43. The van der Waals surface area contributed by atoms with Crippen molar-refractivity contribution in [1.82, 2.24) is 31.0 Å². The summed E-state index contributed by atoms with van der Waals surface area (Å²) in [6.07, 6.45) is 0.994. The second-order valence-corrected chi connectivity index (χ2v) is 7.74. The maximum Gasteiger partial charge on any atom is 0.220 e. The number of aromatic nitrogens is 4. The van der Waals surface area contributed by atoms with Gasteiger partial charge in [-0.15, -0.1) is 20.4 Å². The van der Waals surface area contributed by atoms with Crippen LogP contribution in [0.3, 0.4) is 0 Å². The molecule has 0 unspecified atom stereocenters. The van der Waals surface area contributed by atoms with Crippen molar-refractivity contribution in [3.63, 3.8) is 0 Å². The van der Waals surface area contributed by atoms with Crippen molar-refractivity contribution >= 4 is 11.8 Å². The van der Waals surface area contributed by atoms with Gasteiger partial charge in [-0.05, 0) is 24.4 Å². The topological polar surface area (TPSA) is 186 Å². The Morgan fingerprint density at radius 2 is 1.46 bits per heavy atom. The summed E-state index contributed by atoms with van der Waals surface area (Å²) in [7, 11) is 0. The molecule has 1 heterocycles. The zero-order chi connectivity index (χ0) is 26.6. The van der Waals surface area contributed by atoms with Crippen LogP contribution in [0.15, 0.2) is 29.4 Å². The molecule has 37 heavy (non-hydrogen) atoms. The largest absolute Gasteiger partial charge is 0.379 e. The number of aryl methyl sites for hydroxylation is 1. The van der Waals surface area contributed by atoms with Crippen molar-refractivity contribution in [1.29, 1.82) is 0 Å². The van der Waals surface area contributed by atoms with Crippen molar-refractivity contribution in [2.24, 2.45) is 5.11 Å². The van der Waals surface area contributed by atoms with Gasteiger partial charge in [0.15, 0.2) is 5.82 Å². The summed E-state index contributed by atoms with van der Waals surface area (Å²) in [6.45, 7) is 5.22. The summed E-state index contributed by atoms with van der Waals surface area (Å²) < 4.78 is 15.9. The molecule has 14 nitrogen and oxygen atoms in total. The zero-order valence-corrected chi connectivity index (χ0v) is 21.0. The normalized spacial score (nSPS) is 10.5. The Bertz CT molecular complexity index is 983. The fourth-order valence-electron chi connectivity index (χ4n) is 2.91. The van der Waals surface area contributed by atoms with Crippen molar-refractivity contribution < 1.29 is 23.8 Å². The molecule has 0 bridgehead atoms. The minimum absolute atomic E-state index is 0.114. The molecule has 0 spiro atoms. The highest BCUT2D eigenvalue weighted by Crippen LogP contribution is 2.14. The first-order chi connectivity index (χ1) is 18.1. The van der Waals surface area contributed by atoms with E-state index in [0.717, 1.165) is 11.1 Å². The first-order valence-electron chi connectivity index (χ1n) is 12.0. The fraction of sp³-hybridized carbons (Fsp3) is 0.565. The fourth-order valence-corrected chi connectivity index (χ4v) is 2.91. The molecule has 0 aliphatic carbocycles. The molecular weight excluding hydrogens is 482 g/mol. The van der Waals surface area contributed by atoms with Crippen LogP contribution in [0.1, 0.15) is 30.7 Å². The van der Waals surface area contributed by atoms with Crippen LogP contribution in [0.25, 0.3) is 21.8 Å². The first kappa shape index (κ1) is 29.5. The SMILES string of the molecule is Cc1nnc(-c2ccc(CNC(=O)CCCC(=O)NCCOCCOCCOCCN=[N+]=[N-])cc2)nn1. The van der Waals surface area contributed by atoms with Crippen LogP contribution < -0.4 is 10.6 Å². The Morgan fingerprint density at radius 1 is 0.865 bits per heavy atom. The van der Waals surface area contributed by atoms with Gasteiger partial charge in [0.1, 0.15) is 0 Å². The number of ether oxygens (including phenoxy) is 3. The number of rotatable bonds is 19. The minimum Gasteiger partial charge on any atom is -0.379 e. The second-order valence-electron chi connectivity index (χ2n) is 7.74. The van der Waals surface area contributed by atoms with E-state index in [1.54, 1.807) is 6.92 Å². The molecule has 0 saturated heterocycles. The number of amides is 2. The number of carbonyl (C=O) groups excluding carboxylic acids is 2. The minimum atomic E-state index is -0.122. The molecule has 200 valence electrons. The summed E-state index contributed by atoms with van der Waals surface area (Å²) in [5.41, 5.74) is 9.85. The monoisotopic (exact) mass is 515 g/mol. The quantitative estimate of drug-likeness (QED) is 0.121. The van der Waals surface area contributed by atoms with Crippen molar-refractivity contribution in [3.8, 4) is 11.4 Å². The number of nitrogens with one attached hydrogen (secondary N) is 2. The molecule has 2 rings (SSSR count). The van der Waals surface area contributed by atoms with Gasteiger partial charge in [0.05, 0.1) is 39.6 Å². The van der Waals surface area contributed by atoms with E-state index in [-0.39, 0.29) is 24.7 Å². The van der Waals surface area contributed by atoms with E-state index >= 15 is 0 Å². The summed E-state index contributed by atoms with van der Waals surface area (Å²) in [6, 6.07) is 7.46. The van der Waals surface area contributed by atoms with Crippen LogP contribution >= 0.6 is 0 Å². The standard InChI is InChI=1S/C23H33N9O5/c1-18-28-30-23(31-29-18)20-7-5-19(6-8-20)17-26-22(34)4-2-3-21(33)25-9-11-35-13-15-37-16-14-36-12-10-27-32-24/h5-8H,2-4,9-17H2,1H3,(H,25,33)(H,26,34). The van der Waals surface area contributed by atoms with Gasteiger partial charge in [0.2, 0.25) is 17.6 Å². The molecule has 0 saturated carbocycles. The van der Waals surface area contributed by atoms with E-state index < -0.39 is 0 Å². The van der Waals surface area contributed by atoms with Gasteiger partial charge in [0, 0.05) is 43.0 Å². The molecule has 0 radical (unpaired) electrons. The lowest BCUT2D eigenvalue weighted by Gasteiger charge is -2.08. The third kappa shape index (κ3) is 13.8. The van der Waals surface area contributed by atoms with Crippen LogP contribution in [-0.4, -0.2) is 84.9 Å². The zero-order valence-electron chi connectivity index (χ0n) is 21.0. The van der Waals surface area contributed by atoms with Crippen molar-refractivity contribution in [2.45, 2.75) is 32.7 Å². The van der Waals surface area contributed by atoms with Crippen molar-refractivity contribution in [3.05, 3.63) is 46.1 Å². The van der Waals surface area contributed by atoms with E-state index in [9.17, 15) is 9.59 Å². The highest BCUT2D eigenvalue weighted by Gasteiger charge is 2.07. The maximum atomic E-state index is 12.1. The van der Waals surface area contributed by atoms with Gasteiger partial charge in [0.25, 0.3) is 0 Å². The Hall–Kier alpha value is -3.71. The molecule has 1 aromatic carbocycles. The molecule has 2 amide bonds. The summed E-state index contributed by atoms with van der Waals surface area (Å²) in [5, 5.41) is 24.8. The molecule has 0 aliphatic rings. The molecule has 1 aromatic heterocycles. The predicted octanol–water partition coefficient (Wildman–Crippen LogP) is 1.50. The number of hydrogen-bond acceptors (Lipinski definition) is 10. The first-order valence-corrected chi connectivity index (χ1v) is 12.0. The number of benzene rings is 1. The number of hydrogen-bond donors (Lipinski definition) is 2. The third-order valence-electron chi connectivity index (χ3n) is 4.80. The van der Waals surface area contributed by atoms with Gasteiger partial charge < -0.3 is 24.8 Å². The molecule has 0 aliphatic heterocycles. The summed E-state index contributed by atoms with van der Waals surface area (Å²) >= 11 is 0. The summed E-state index contributed by atoms with van der Waals surface area (Å²) in [5.74, 6) is 0.714. The van der Waals surface area contributed by atoms with Gasteiger partial charge in [-0.25, -0.2) is 0 Å². The van der Waals surface area contributed by atoms with Crippen LogP contribution in [0.4, 0.5) is 0 Å². The van der Waals surface area contributed by atoms with Gasteiger partial charge in [-0.1, -0.05) is 29.4 Å². The third-order valence-corrected chi connectivity index (χ3v) is 4.80. The second kappa shape index (κ2) is 18.5. The summed E-state index contributed by atoms with van der Waals surface area (Å²) in [4.78, 5) is 26.6. The van der Waals surface area contributed by atoms with E-state index in [0.29, 0.717) is 77.3 Å². The van der Waals surface area contributed by atoms with Crippen LogP contribution in [0.2, 0.25) is 0 Å². The van der Waals surface area contributed by atoms with Crippen LogP contribution in [-0.2, 0) is 30.3 Å². The Kier molecular flexibility index (Phi) is 14.8. The van der Waals surface area contributed by atoms with E-state index in [1.807, 2.05) is 24.3 Å². The Labute approximate surface area is 215 Å². The lowest BCUT2D eigenvalue weighted by molar-refractivity contribution is -0.122. The smallest absolute Gasteiger partial charge is 0.220 e. The highest BCUT2D eigenvalue weighted by molar-refractivity contribution is 5.78. The maximum absolute atomic E-state index is 12.1. The van der Waals surface area contributed by atoms with E-state index in [1.165, 1.54) is 0 Å². The molecular formula is C23H33N9O5. The molecule has 2 aromatic rings. The average molecular weight is 516 g/mol. The van der Waals surface area contributed by atoms with E-state index in [2.05, 4.69) is 41.1 Å². The lowest BCUT2D eigenvalue weighted by Crippen LogP contribution is -2.28. The predicted molar refractivity (Wildman–Crippen MR) is 133 cm³/mol. The molecule has 0 atom stereocenters. The number of nitrogens with zero attached hydrogens (tertiary/aromatic N) is 7. The van der Waals surface area contributed by atoms with E-state index in [4.69, 9.17) is 19.7 Å². The van der Waals surface area contributed by atoms with Gasteiger partial charge in [-0.3, -0.25) is 9.59 Å². The molecule has 2 N–H and O–H groups in total. The number of azide groups is 1. The van der Waals surface area contributed by atoms with Gasteiger partial charge in [-0.2, -0.15) is 0 Å². The molecule has 14 heteroatoms. The average Bonchev–Trinajstić information content (AvgIpc) is 2.91. The van der Waals surface area contributed by atoms with Crippen molar-refractivity contribution in [2.75, 3.05) is 52.7 Å². The van der Waals surface area contributed by atoms with Gasteiger partial charge >= 0.3 is 0 Å². The Morgan fingerprint density at radius 3 is 2.11 bits per heavy atom.